The average molecular weight is 410 g/mol. The van der Waals surface area contributed by atoms with Gasteiger partial charge in [0.25, 0.3) is 5.69 Å². The highest BCUT2D eigenvalue weighted by molar-refractivity contribution is 6.05. The van der Waals surface area contributed by atoms with Gasteiger partial charge in [0.05, 0.1) is 17.0 Å². The Kier molecular flexibility index (Phi) is 5.18. The summed E-state index contributed by atoms with van der Waals surface area (Å²) < 4.78 is 10.2. The Hall–Kier alpha value is -3.75. The third-order valence-corrected chi connectivity index (χ3v) is 5.10. The van der Waals surface area contributed by atoms with E-state index in [1.807, 2.05) is 0 Å². The van der Waals surface area contributed by atoms with Crippen molar-refractivity contribution in [2.24, 2.45) is 0 Å². The average Bonchev–Trinajstić information content (AvgIpc) is 3.07. The summed E-state index contributed by atoms with van der Waals surface area (Å²) in [4.78, 5) is 48.3. The van der Waals surface area contributed by atoms with Crippen molar-refractivity contribution in [3.8, 4) is 5.75 Å². The molecule has 4 rings (SSSR count). The molecule has 30 heavy (non-hydrogen) atoms. The number of nitrogens with zero attached hydrogens (tertiary/aromatic N) is 2. The lowest BCUT2D eigenvalue weighted by Crippen LogP contribution is -2.31. The van der Waals surface area contributed by atoms with Gasteiger partial charge in [0.2, 0.25) is 5.91 Å². The van der Waals surface area contributed by atoms with Crippen molar-refractivity contribution in [2.45, 2.75) is 19.3 Å². The quantitative estimate of drug-likeness (QED) is 0.297. The summed E-state index contributed by atoms with van der Waals surface area (Å²) in [6.07, 6.45) is 1.94. The van der Waals surface area contributed by atoms with Crippen LogP contribution in [0.1, 0.15) is 27.9 Å². The van der Waals surface area contributed by atoms with Crippen LogP contribution in [0.25, 0.3) is 0 Å². The smallest absolute Gasteiger partial charge is 0.344 e. The lowest BCUT2D eigenvalue weighted by atomic mass is 9.95. The van der Waals surface area contributed by atoms with Crippen LogP contribution in [0.5, 0.6) is 5.75 Å². The molecule has 0 aliphatic carbocycles. The molecule has 154 valence electrons. The zero-order chi connectivity index (χ0) is 21.3. The highest BCUT2D eigenvalue weighted by atomic mass is 16.6. The number of Topliss-reactive ketones (excluding diaryl/α,β-unsaturated/α-hetero) is 1. The number of ketones is 1. The number of ether oxygens (including phenoxy) is 2. The number of carbonyl (C=O) groups excluding carboxylic acids is 3. The second-order valence-corrected chi connectivity index (χ2v) is 7.09. The Labute approximate surface area is 171 Å². The first kappa shape index (κ1) is 19.6. The molecular weight excluding hydrogens is 392 g/mol. The standard InChI is InChI=1S/C21H18N2O7/c24-18(11-30-20(26)12-29-17-5-3-16(4-6-17)23(27)28)14-8-13-2-1-7-22-19(25)10-15(9-14)21(13)22/h3-6,8-9H,1-2,7,10-12H2. The number of aryl methyl sites for hydroxylation is 1. The fraction of sp³-hybridized carbons (Fsp3) is 0.286. The van der Waals surface area contributed by atoms with Gasteiger partial charge in [0, 0.05) is 24.2 Å². The van der Waals surface area contributed by atoms with Crippen molar-refractivity contribution in [2.75, 3.05) is 24.7 Å². The predicted octanol–water partition coefficient (Wildman–Crippen LogP) is 2.23. The molecule has 9 heteroatoms. The number of hydrogen-bond acceptors (Lipinski definition) is 7. The maximum absolute atomic E-state index is 12.5. The number of amides is 1. The van der Waals surface area contributed by atoms with Crippen molar-refractivity contribution < 1.29 is 28.8 Å². The van der Waals surface area contributed by atoms with Gasteiger partial charge >= 0.3 is 5.97 Å². The van der Waals surface area contributed by atoms with Crippen molar-refractivity contribution in [3.05, 3.63) is 63.2 Å². The Bertz CT molecular complexity index is 1050. The minimum Gasteiger partial charge on any atom is -0.482 e. The van der Waals surface area contributed by atoms with Crippen LogP contribution in [-0.4, -0.2) is 42.3 Å². The molecule has 0 N–H and O–H groups in total. The van der Waals surface area contributed by atoms with Crippen LogP contribution in [0.4, 0.5) is 11.4 Å². The Morgan fingerprint density at radius 3 is 2.57 bits per heavy atom. The molecular formula is C21H18N2O7. The number of benzene rings is 2. The minimum atomic E-state index is -0.731. The van der Waals surface area contributed by atoms with E-state index in [0.29, 0.717) is 12.1 Å². The Balaban J connectivity index is 1.33. The largest absolute Gasteiger partial charge is 0.482 e. The van der Waals surface area contributed by atoms with E-state index in [1.165, 1.54) is 24.3 Å². The van der Waals surface area contributed by atoms with Gasteiger partial charge in [-0.05, 0) is 48.2 Å². The fourth-order valence-electron chi connectivity index (χ4n) is 3.72. The first-order valence-electron chi connectivity index (χ1n) is 9.44. The molecule has 0 saturated carbocycles. The van der Waals surface area contributed by atoms with E-state index < -0.39 is 24.1 Å². The van der Waals surface area contributed by atoms with Gasteiger partial charge in [-0.2, -0.15) is 0 Å². The number of rotatable bonds is 7. The molecule has 0 radical (unpaired) electrons. The van der Waals surface area contributed by atoms with E-state index in [4.69, 9.17) is 9.47 Å². The third-order valence-electron chi connectivity index (χ3n) is 5.10. The van der Waals surface area contributed by atoms with Crippen LogP contribution < -0.4 is 9.64 Å². The van der Waals surface area contributed by atoms with Crippen LogP contribution in [-0.2, 0) is 27.2 Å². The maximum Gasteiger partial charge on any atom is 0.344 e. The number of esters is 1. The third kappa shape index (κ3) is 3.86. The lowest BCUT2D eigenvalue weighted by Gasteiger charge is -2.25. The molecule has 9 nitrogen and oxygen atoms in total. The molecule has 0 unspecified atom stereocenters. The molecule has 0 spiro atoms. The molecule has 0 bridgehead atoms. The summed E-state index contributed by atoms with van der Waals surface area (Å²) in [5, 5.41) is 10.6. The van der Waals surface area contributed by atoms with E-state index in [-0.39, 0.29) is 29.5 Å². The number of nitro groups is 1. The molecule has 2 aliphatic heterocycles. The first-order chi connectivity index (χ1) is 14.4. The van der Waals surface area contributed by atoms with Crippen LogP contribution in [0.3, 0.4) is 0 Å². The molecule has 0 saturated heterocycles. The van der Waals surface area contributed by atoms with E-state index in [1.54, 1.807) is 17.0 Å². The number of carbonyl (C=O) groups is 3. The molecule has 2 aromatic carbocycles. The van der Waals surface area contributed by atoms with Gasteiger partial charge in [-0.25, -0.2) is 4.79 Å². The van der Waals surface area contributed by atoms with Gasteiger partial charge in [-0.15, -0.1) is 0 Å². The SMILES string of the molecule is O=C(COc1ccc([N+](=O)[O-])cc1)OCC(=O)c1cc2c3c(c1)CC(=O)N3CCC2. The minimum absolute atomic E-state index is 0.0466. The molecule has 2 aromatic rings. The summed E-state index contributed by atoms with van der Waals surface area (Å²) in [7, 11) is 0. The van der Waals surface area contributed by atoms with E-state index in [0.717, 1.165) is 29.7 Å². The topological polar surface area (TPSA) is 116 Å². The first-order valence-corrected chi connectivity index (χ1v) is 9.44. The fourth-order valence-corrected chi connectivity index (χ4v) is 3.72. The highest BCUT2D eigenvalue weighted by Crippen LogP contribution is 2.37. The number of nitro benzene ring substituents is 1. The second kappa shape index (κ2) is 7.94. The van der Waals surface area contributed by atoms with Crippen LogP contribution in [0.15, 0.2) is 36.4 Å². The zero-order valence-electron chi connectivity index (χ0n) is 16.0. The molecule has 0 fully saturated rings. The highest BCUT2D eigenvalue weighted by Gasteiger charge is 2.33. The van der Waals surface area contributed by atoms with Gasteiger partial charge in [-0.1, -0.05) is 0 Å². The van der Waals surface area contributed by atoms with Gasteiger partial charge < -0.3 is 14.4 Å². The summed E-state index contributed by atoms with van der Waals surface area (Å²) in [5.74, 6) is -0.763. The van der Waals surface area contributed by atoms with Crippen molar-refractivity contribution in [1.82, 2.24) is 0 Å². The normalized spacial score (nSPS) is 14.3. The lowest BCUT2D eigenvalue weighted by molar-refractivity contribution is -0.384. The molecule has 2 heterocycles. The van der Waals surface area contributed by atoms with Gasteiger partial charge in [-0.3, -0.25) is 19.7 Å². The van der Waals surface area contributed by atoms with Crippen molar-refractivity contribution in [1.29, 1.82) is 0 Å². The number of non-ortho nitro benzene ring substituents is 1. The molecule has 0 atom stereocenters. The van der Waals surface area contributed by atoms with Crippen LogP contribution in [0.2, 0.25) is 0 Å². The molecule has 0 aromatic heterocycles. The van der Waals surface area contributed by atoms with E-state index in [2.05, 4.69) is 0 Å². The zero-order valence-corrected chi connectivity index (χ0v) is 16.0. The van der Waals surface area contributed by atoms with E-state index >= 15 is 0 Å². The maximum atomic E-state index is 12.5. The summed E-state index contributed by atoms with van der Waals surface area (Å²) in [5.41, 5.74) is 3.07. The molecule has 2 aliphatic rings. The molecule has 1 amide bonds. The summed E-state index contributed by atoms with van der Waals surface area (Å²) in [6.45, 7) is -0.152. The van der Waals surface area contributed by atoms with Crippen molar-refractivity contribution in [3.63, 3.8) is 0 Å². The van der Waals surface area contributed by atoms with E-state index in [9.17, 15) is 24.5 Å². The Morgan fingerprint density at radius 2 is 1.83 bits per heavy atom. The van der Waals surface area contributed by atoms with Gasteiger partial charge in [0.1, 0.15) is 5.75 Å². The van der Waals surface area contributed by atoms with Gasteiger partial charge in [0.15, 0.2) is 19.0 Å². The summed E-state index contributed by atoms with van der Waals surface area (Å²) in [6, 6.07) is 8.74. The van der Waals surface area contributed by atoms with Crippen LogP contribution in [0, 0.1) is 10.1 Å². The number of hydrogen-bond donors (Lipinski definition) is 0. The second-order valence-electron chi connectivity index (χ2n) is 7.09. The van der Waals surface area contributed by atoms with Crippen LogP contribution >= 0.6 is 0 Å². The monoisotopic (exact) mass is 410 g/mol. The predicted molar refractivity (Wildman–Crippen MR) is 105 cm³/mol. The Morgan fingerprint density at radius 1 is 1.10 bits per heavy atom. The van der Waals surface area contributed by atoms with Crippen molar-refractivity contribution >= 4 is 29.0 Å². The number of anilines is 1. The summed E-state index contributed by atoms with van der Waals surface area (Å²) >= 11 is 0.